The maximum atomic E-state index is 5.98. The van der Waals surface area contributed by atoms with Crippen LogP contribution in [-0.2, 0) is 0 Å². The number of ether oxygens (including phenoxy) is 2. The summed E-state index contributed by atoms with van der Waals surface area (Å²) in [6.07, 6.45) is 2.25. The van der Waals surface area contributed by atoms with E-state index in [4.69, 9.17) is 15.2 Å². The third kappa shape index (κ3) is 7.55. The van der Waals surface area contributed by atoms with Crippen LogP contribution in [0.3, 0.4) is 0 Å². The van der Waals surface area contributed by atoms with Gasteiger partial charge < -0.3 is 30.3 Å². The minimum atomic E-state index is 0. The van der Waals surface area contributed by atoms with E-state index < -0.39 is 0 Å². The summed E-state index contributed by atoms with van der Waals surface area (Å²) in [5.74, 6) is 1.76. The molecule has 0 radical (unpaired) electrons. The first-order chi connectivity index (χ1) is 12.1. The molecule has 0 aromatic heterocycles. The Morgan fingerprint density at radius 3 is 2.65 bits per heavy atom. The van der Waals surface area contributed by atoms with Crippen LogP contribution in [0.25, 0.3) is 0 Å². The lowest BCUT2D eigenvalue weighted by molar-refractivity contribution is 0.275. The topological polar surface area (TPSA) is 75.4 Å². The number of methoxy groups -OCH3 is 2. The van der Waals surface area contributed by atoms with Gasteiger partial charge in [0.05, 0.1) is 14.2 Å². The predicted molar refractivity (Wildman–Crippen MR) is 118 cm³/mol. The molecule has 0 bridgehead atoms. The minimum Gasteiger partial charge on any atom is -0.493 e. The molecule has 3 N–H and O–H groups in total. The van der Waals surface area contributed by atoms with Crippen molar-refractivity contribution in [3.05, 3.63) is 18.2 Å². The number of nitrogens with zero attached hydrogens (tertiary/aromatic N) is 3. The van der Waals surface area contributed by atoms with Crippen molar-refractivity contribution in [2.24, 2.45) is 10.7 Å². The van der Waals surface area contributed by atoms with E-state index in [-0.39, 0.29) is 24.0 Å². The molecule has 0 saturated carbocycles. The van der Waals surface area contributed by atoms with Crippen molar-refractivity contribution in [2.75, 3.05) is 65.9 Å². The molecule has 1 saturated heterocycles. The lowest BCUT2D eigenvalue weighted by Crippen LogP contribution is -2.30. The Bertz CT molecular complexity index is 571. The van der Waals surface area contributed by atoms with Crippen LogP contribution >= 0.6 is 24.0 Å². The molecule has 2 rings (SSSR count). The minimum absolute atomic E-state index is 0. The molecule has 0 unspecified atom stereocenters. The Hall–Kier alpha value is -1.26. The van der Waals surface area contributed by atoms with Gasteiger partial charge in [-0.25, -0.2) is 0 Å². The molecule has 26 heavy (non-hydrogen) atoms. The number of hydrogen-bond donors (Lipinski definition) is 2. The zero-order valence-electron chi connectivity index (χ0n) is 16.0. The average molecular weight is 477 g/mol. The highest BCUT2D eigenvalue weighted by Crippen LogP contribution is 2.29. The number of likely N-dealkylation sites (N-methyl/N-ethyl adjacent to an activating group) is 1. The van der Waals surface area contributed by atoms with E-state index in [0.717, 1.165) is 38.3 Å². The van der Waals surface area contributed by atoms with Gasteiger partial charge in [0.2, 0.25) is 0 Å². The lowest BCUT2D eigenvalue weighted by atomic mass is 10.3. The molecular formula is C18H32IN5O2. The molecular weight excluding hydrogens is 445 g/mol. The molecule has 1 aliphatic rings. The number of guanidine groups is 1. The highest BCUT2D eigenvalue weighted by molar-refractivity contribution is 14.0. The fourth-order valence-corrected chi connectivity index (χ4v) is 2.92. The first kappa shape index (κ1) is 22.8. The van der Waals surface area contributed by atoms with Crippen LogP contribution in [-0.4, -0.2) is 76.3 Å². The lowest BCUT2D eigenvalue weighted by Gasteiger charge is -2.19. The van der Waals surface area contributed by atoms with E-state index in [1.807, 2.05) is 18.2 Å². The molecule has 0 atom stereocenters. The normalized spacial score (nSPS) is 16.5. The van der Waals surface area contributed by atoms with Gasteiger partial charge in [-0.15, -0.1) is 24.0 Å². The van der Waals surface area contributed by atoms with Crippen LogP contribution in [0.5, 0.6) is 11.5 Å². The number of aliphatic imine (C=N–C) groups is 1. The second-order valence-electron chi connectivity index (χ2n) is 6.31. The Labute approximate surface area is 173 Å². The van der Waals surface area contributed by atoms with E-state index in [1.165, 1.54) is 19.5 Å². The molecule has 8 heteroatoms. The van der Waals surface area contributed by atoms with Gasteiger partial charge in [0.15, 0.2) is 17.5 Å². The zero-order valence-corrected chi connectivity index (χ0v) is 18.4. The maximum absolute atomic E-state index is 5.98. The Morgan fingerprint density at radius 1 is 1.15 bits per heavy atom. The molecule has 0 spiro atoms. The molecule has 148 valence electrons. The summed E-state index contributed by atoms with van der Waals surface area (Å²) in [7, 11) is 5.41. The number of anilines is 1. The van der Waals surface area contributed by atoms with Crippen LogP contribution in [0.1, 0.15) is 12.8 Å². The molecule has 0 amide bonds. The van der Waals surface area contributed by atoms with E-state index in [0.29, 0.717) is 17.5 Å². The van der Waals surface area contributed by atoms with Gasteiger partial charge in [-0.2, -0.15) is 0 Å². The van der Waals surface area contributed by atoms with Gasteiger partial charge in [0.25, 0.3) is 0 Å². The largest absolute Gasteiger partial charge is 0.493 e. The SMILES string of the molecule is COc1ccc(NC(N)=NCCCN2CCCN(C)CC2)cc1OC.I. The summed E-state index contributed by atoms with van der Waals surface area (Å²) in [4.78, 5) is 9.32. The van der Waals surface area contributed by atoms with Gasteiger partial charge in [0, 0.05) is 31.4 Å². The van der Waals surface area contributed by atoms with Crippen molar-refractivity contribution in [1.29, 1.82) is 0 Å². The fourth-order valence-electron chi connectivity index (χ4n) is 2.92. The van der Waals surface area contributed by atoms with Gasteiger partial charge in [-0.1, -0.05) is 0 Å². The van der Waals surface area contributed by atoms with Crippen molar-refractivity contribution >= 4 is 35.6 Å². The summed E-state index contributed by atoms with van der Waals surface area (Å²) in [6, 6.07) is 5.57. The first-order valence-corrected chi connectivity index (χ1v) is 8.82. The summed E-state index contributed by atoms with van der Waals surface area (Å²) >= 11 is 0. The molecule has 1 fully saturated rings. The van der Waals surface area contributed by atoms with Crippen molar-refractivity contribution in [3.63, 3.8) is 0 Å². The monoisotopic (exact) mass is 477 g/mol. The van der Waals surface area contributed by atoms with Crippen LogP contribution in [0.2, 0.25) is 0 Å². The van der Waals surface area contributed by atoms with Crippen molar-refractivity contribution in [2.45, 2.75) is 12.8 Å². The standard InChI is InChI=1S/C18H31N5O2.HI/c1-22-9-5-11-23(13-12-22)10-4-8-20-18(19)21-15-6-7-16(24-2)17(14-15)25-3;/h6-7,14H,4-5,8-13H2,1-3H3,(H3,19,20,21);1H. The second kappa shape index (κ2) is 12.2. The van der Waals surface area contributed by atoms with Gasteiger partial charge >= 0.3 is 0 Å². The van der Waals surface area contributed by atoms with Gasteiger partial charge in [-0.3, -0.25) is 4.99 Å². The number of benzene rings is 1. The molecule has 1 aliphatic heterocycles. The average Bonchev–Trinajstić information content (AvgIpc) is 2.83. The molecule has 0 aliphatic carbocycles. The molecule has 1 aromatic carbocycles. The third-order valence-corrected chi connectivity index (χ3v) is 4.38. The molecule has 1 heterocycles. The van der Waals surface area contributed by atoms with E-state index in [1.54, 1.807) is 14.2 Å². The molecule has 7 nitrogen and oxygen atoms in total. The predicted octanol–water partition coefficient (Wildman–Crippen LogP) is 2.08. The van der Waals surface area contributed by atoms with E-state index >= 15 is 0 Å². The Balaban J connectivity index is 0.00000338. The summed E-state index contributed by atoms with van der Waals surface area (Å²) < 4.78 is 10.5. The van der Waals surface area contributed by atoms with Crippen LogP contribution in [0.15, 0.2) is 23.2 Å². The quantitative estimate of drug-likeness (QED) is 0.271. The Kier molecular flexibility index (Phi) is 10.7. The van der Waals surface area contributed by atoms with Crippen molar-refractivity contribution in [3.8, 4) is 11.5 Å². The number of rotatable bonds is 7. The molecule has 1 aromatic rings. The maximum Gasteiger partial charge on any atom is 0.193 e. The van der Waals surface area contributed by atoms with Gasteiger partial charge in [-0.05, 0) is 51.7 Å². The summed E-state index contributed by atoms with van der Waals surface area (Å²) in [6.45, 7) is 6.44. The summed E-state index contributed by atoms with van der Waals surface area (Å²) in [5.41, 5.74) is 6.80. The number of hydrogen-bond acceptors (Lipinski definition) is 5. The summed E-state index contributed by atoms with van der Waals surface area (Å²) in [5, 5.41) is 3.09. The van der Waals surface area contributed by atoms with Crippen LogP contribution in [0, 0.1) is 0 Å². The van der Waals surface area contributed by atoms with E-state index in [2.05, 4.69) is 27.2 Å². The fraction of sp³-hybridized carbons (Fsp3) is 0.611. The van der Waals surface area contributed by atoms with Crippen LogP contribution in [0.4, 0.5) is 5.69 Å². The smallest absolute Gasteiger partial charge is 0.193 e. The zero-order chi connectivity index (χ0) is 18.1. The Morgan fingerprint density at radius 2 is 1.92 bits per heavy atom. The number of nitrogens with two attached hydrogens (primary N) is 1. The van der Waals surface area contributed by atoms with Gasteiger partial charge in [0.1, 0.15) is 0 Å². The van der Waals surface area contributed by atoms with Crippen LogP contribution < -0.4 is 20.5 Å². The number of nitrogens with one attached hydrogen (secondary N) is 1. The number of halogens is 1. The second-order valence-corrected chi connectivity index (χ2v) is 6.31. The first-order valence-electron chi connectivity index (χ1n) is 8.82. The highest BCUT2D eigenvalue weighted by atomic mass is 127. The van der Waals surface area contributed by atoms with E-state index in [9.17, 15) is 0 Å². The highest BCUT2D eigenvalue weighted by Gasteiger charge is 2.11. The van der Waals surface area contributed by atoms with Crippen molar-refractivity contribution in [1.82, 2.24) is 9.80 Å². The third-order valence-electron chi connectivity index (χ3n) is 4.38. The van der Waals surface area contributed by atoms with Crippen molar-refractivity contribution < 1.29 is 9.47 Å².